The Balaban J connectivity index is 1.16. The van der Waals surface area contributed by atoms with Crippen LogP contribution < -0.4 is 25.6 Å². The zero-order valence-electron chi connectivity index (χ0n) is 26.1. The van der Waals surface area contributed by atoms with E-state index >= 15 is 0 Å². The van der Waals surface area contributed by atoms with Gasteiger partial charge in [0, 0.05) is 42.6 Å². The first-order valence-electron chi connectivity index (χ1n) is 15.5. The maximum Gasteiger partial charge on any atom is 0.315 e. The molecule has 0 saturated carbocycles. The van der Waals surface area contributed by atoms with Crippen molar-refractivity contribution in [2.75, 3.05) is 41.9 Å². The molecule has 1 unspecified atom stereocenters. The van der Waals surface area contributed by atoms with Gasteiger partial charge in [-0.05, 0) is 92.6 Å². The third-order valence-corrected chi connectivity index (χ3v) is 10.3. The van der Waals surface area contributed by atoms with Crippen molar-refractivity contribution < 1.29 is 31.1 Å². The van der Waals surface area contributed by atoms with E-state index in [1.807, 2.05) is 19.9 Å². The van der Waals surface area contributed by atoms with Gasteiger partial charge in [-0.25, -0.2) is 26.4 Å². The van der Waals surface area contributed by atoms with Crippen molar-refractivity contribution in [2.24, 2.45) is 0 Å². The Hall–Kier alpha value is -3.93. The molecule has 2 atom stereocenters. The molecular formula is C34H39F3N4O4S. The van der Waals surface area contributed by atoms with E-state index in [-0.39, 0.29) is 29.0 Å². The number of fused-ring (bicyclic) bond motifs is 3. The zero-order chi connectivity index (χ0) is 32.9. The van der Waals surface area contributed by atoms with Crippen LogP contribution in [0.2, 0.25) is 0 Å². The number of amides is 2. The highest BCUT2D eigenvalue weighted by molar-refractivity contribution is 7.90. The van der Waals surface area contributed by atoms with Gasteiger partial charge in [-0.3, -0.25) is 0 Å². The largest absolute Gasteiger partial charge is 0.484 e. The smallest absolute Gasteiger partial charge is 0.315 e. The average molecular weight is 657 g/mol. The van der Waals surface area contributed by atoms with E-state index in [4.69, 9.17) is 4.74 Å². The SMILES string of the molecule is CC1(C)CNc2ccc(N3CCC4(CC3)CC(NC(=O)N[C@H](Cc3ccc(F)c(F)c3)CS(C)(=O)=O)c3ccc(F)cc34)cc2O1. The van der Waals surface area contributed by atoms with E-state index in [2.05, 4.69) is 33.0 Å². The standard InChI is InChI=1S/C34H39F3N4O4S/c1-33(2)20-38-29-9-6-24(17-31(29)45-33)41-12-10-34(11-13-41)18-30(25-7-5-22(35)16-26(25)34)40-32(42)39-23(19-46(3,43)44)14-21-4-8-27(36)28(37)15-21/h4-9,15-17,23,30,38H,10-14,18-20H2,1-3H3,(H2,39,40,42)/t23-,30?/m1/s1. The summed E-state index contributed by atoms with van der Waals surface area (Å²) < 4.78 is 72.4. The van der Waals surface area contributed by atoms with Gasteiger partial charge < -0.3 is 25.6 Å². The van der Waals surface area contributed by atoms with Gasteiger partial charge in [0.1, 0.15) is 27.0 Å². The monoisotopic (exact) mass is 656 g/mol. The molecule has 2 aliphatic heterocycles. The van der Waals surface area contributed by atoms with Crippen LogP contribution in [0, 0.1) is 17.5 Å². The number of sulfone groups is 1. The van der Waals surface area contributed by atoms with Gasteiger partial charge in [0.25, 0.3) is 0 Å². The number of halogens is 3. The molecule has 1 aliphatic carbocycles. The van der Waals surface area contributed by atoms with Crippen LogP contribution in [0.4, 0.5) is 29.3 Å². The molecule has 0 aromatic heterocycles. The Kier molecular flexibility index (Phi) is 8.37. The second-order valence-corrected chi connectivity index (χ2v) is 15.7. The first-order chi connectivity index (χ1) is 21.7. The molecule has 3 aliphatic rings. The summed E-state index contributed by atoms with van der Waals surface area (Å²) in [6.07, 6.45) is 3.11. The molecule has 1 saturated heterocycles. The summed E-state index contributed by atoms with van der Waals surface area (Å²) in [6.45, 7) is 6.27. The van der Waals surface area contributed by atoms with Crippen LogP contribution in [0.1, 0.15) is 55.8 Å². The molecule has 1 fully saturated rings. The molecule has 0 bridgehead atoms. The van der Waals surface area contributed by atoms with Crippen LogP contribution in [-0.2, 0) is 21.7 Å². The molecule has 46 heavy (non-hydrogen) atoms. The lowest BCUT2D eigenvalue weighted by molar-refractivity contribution is 0.116. The highest BCUT2D eigenvalue weighted by atomic mass is 32.2. The van der Waals surface area contributed by atoms with E-state index in [0.29, 0.717) is 12.0 Å². The minimum absolute atomic E-state index is 0.00871. The highest BCUT2D eigenvalue weighted by Gasteiger charge is 2.46. The Morgan fingerprint density at radius 3 is 2.52 bits per heavy atom. The number of urea groups is 1. The summed E-state index contributed by atoms with van der Waals surface area (Å²) in [4.78, 5) is 15.6. The fourth-order valence-corrected chi connectivity index (χ4v) is 8.06. The number of nitrogens with zero attached hydrogens (tertiary/aromatic N) is 1. The predicted molar refractivity (Wildman–Crippen MR) is 172 cm³/mol. The Labute approximate surface area is 267 Å². The Bertz CT molecular complexity index is 1760. The molecule has 3 aromatic carbocycles. The molecule has 3 N–H and O–H groups in total. The molecular weight excluding hydrogens is 617 g/mol. The molecule has 3 aromatic rings. The summed E-state index contributed by atoms with van der Waals surface area (Å²) in [5.41, 5.74) is 3.42. The Morgan fingerprint density at radius 1 is 1.04 bits per heavy atom. The minimum Gasteiger partial charge on any atom is -0.484 e. The van der Waals surface area contributed by atoms with Crippen LogP contribution in [-0.4, -0.2) is 57.7 Å². The number of ether oxygens (including phenoxy) is 1. The molecule has 0 radical (unpaired) electrons. The molecule has 8 nitrogen and oxygen atoms in total. The Morgan fingerprint density at radius 2 is 1.80 bits per heavy atom. The van der Waals surface area contributed by atoms with Gasteiger partial charge in [0.2, 0.25) is 0 Å². The first kappa shape index (κ1) is 32.0. The van der Waals surface area contributed by atoms with Gasteiger partial charge >= 0.3 is 6.03 Å². The second kappa shape index (κ2) is 12.0. The van der Waals surface area contributed by atoms with Crippen molar-refractivity contribution in [3.8, 4) is 5.75 Å². The normalized spacial score (nSPS) is 20.2. The molecule has 2 amide bonds. The number of nitrogens with one attached hydrogen (secondary N) is 3. The van der Waals surface area contributed by atoms with Crippen LogP contribution in [0.15, 0.2) is 54.6 Å². The first-order valence-corrected chi connectivity index (χ1v) is 17.6. The van der Waals surface area contributed by atoms with Crippen molar-refractivity contribution in [3.05, 3.63) is 88.7 Å². The van der Waals surface area contributed by atoms with E-state index in [0.717, 1.165) is 79.1 Å². The van der Waals surface area contributed by atoms with Crippen molar-refractivity contribution in [1.29, 1.82) is 0 Å². The van der Waals surface area contributed by atoms with Gasteiger partial charge in [-0.2, -0.15) is 0 Å². The number of carbonyl (C=O) groups is 1. The molecule has 6 rings (SSSR count). The second-order valence-electron chi connectivity index (χ2n) is 13.5. The summed E-state index contributed by atoms with van der Waals surface area (Å²) in [6, 6.07) is 12.3. The number of benzene rings is 3. The molecule has 246 valence electrons. The van der Waals surface area contributed by atoms with E-state index in [1.165, 1.54) is 12.1 Å². The van der Waals surface area contributed by atoms with Gasteiger partial charge in [-0.1, -0.05) is 12.1 Å². The molecule has 2 heterocycles. The summed E-state index contributed by atoms with van der Waals surface area (Å²) >= 11 is 0. The van der Waals surface area contributed by atoms with Crippen LogP contribution in [0.25, 0.3) is 0 Å². The summed E-state index contributed by atoms with van der Waals surface area (Å²) in [5, 5.41) is 9.15. The maximum atomic E-state index is 14.6. The third-order valence-electron chi connectivity index (χ3n) is 9.31. The van der Waals surface area contributed by atoms with Crippen molar-refractivity contribution in [1.82, 2.24) is 10.6 Å². The predicted octanol–water partition coefficient (Wildman–Crippen LogP) is 5.62. The third kappa shape index (κ3) is 6.91. The van der Waals surface area contributed by atoms with E-state index in [1.54, 1.807) is 12.1 Å². The molecule has 1 spiro atoms. The lowest BCUT2D eigenvalue weighted by atomic mass is 9.73. The summed E-state index contributed by atoms with van der Waals surface area (Å²) in [7, 11) is -3.52. The summed E-state index contributed by atoms with van der Waals surface area (Å²) in [5.74, 6) is -1.97. The maximum absolute atomic E-state index is 14.6. The number of hydrogen-bond donors (Lipinski definition) is 3. The topological polar surface area (TPSA) is 99.8 Å². The van der Waals surface area contributed by atoms with E-state index < -0.39 is 39.6 Å². The van der Waals surface area contributed by atoms with Gasteiger partial charge in [-0.15, -0.1) is 0 Å². The van der Waals surface area contributed by atoms with Crippen LogP contribution in [0.3, 0.4) is 0 Å². The van der Waals surface area contributed by atoms with Crippen molar-refractivity contribution in [3.63, 3.8) is 0 Å². The molecule has 12 heteroatoms. The quantitative estimate of drug-likeness (QED) is 0.305. The zero-order valence-corrected chi connectivity index (χ0v) is 26.9. The number of piperidine rings is 1. The number of rotatable bonds is 7. The number of anilines is 2. The van der Waals surface area contributed by atoms with Crippen LogP contribution >= 0.6 is 0 Å². The van der Waals surface area contributed by atoms with Crippen LogP contribution in [0.5, 0.6) is 5.75 Å². The highest BCUT2D eigenvalue weighted by Crippen LogP contribution is 2.51. The van der Waals surface area contributed by atoms with Gasteiger partial charge in [0.15, 0.2) is 11.6 Å². The van der Waals surface area contributed by atoms with Crippen molar-refractivity contribution in [2.45, 2.75) is 62.6 Å². The average Bonchev–Trinajstić information content (AvgIpc) is 3.24. The fourth-order valence-electron chi connectivity index (χ4n) is 7.13. The number of carbonyl (C=O) groups excluding carboxylic acids is 1. The van der Waals surface area contributed by atoms with Gasteiger partial charge in [0.05, 0.1) is 24.0 Å². The minimum atomic E-state index is -3.52. The van der Waals surface area contributed by atoms with E-state index in [9.17, 15) is 26.4 Å². The lowest BCUT2D eigenvalue weighted by Crippen LogP contribution is -2.47. The van der Waals surface area contributed by atoms with Crippen molar-refractivity contribution >= 4 is 27.2 Å². The number of hydrogen-bond acceptors (Lipinski definition) is 6. The lowest BCUT2D eigenvalue weighted by Gasteiger charge is -2.42. The fraction of sp³-hybridized carbons (Fsp3) is 0.441.